The zero-order valence-corrected chi connectivity index (χ0v) is 21.7. The van der Waals surface area contributed by atoms with Crippen LogP contribution in [0.25, 0.3) is 0 Å². The van der Waals surface area contributed by atoms with Crippen LogP contribution < -0.4 is 16.3 Å². The zero-order chi connectivity index (χ0) is 25.3. The maximum absolute atomic E-state index is 12.7. The molecular formula is C29H42N2O5. The number of hydrogen-bond donors (Lipinski definition) is 4. The molecule has 0 bridgehead atoms. The van der Waals surface area contributed by atoms with Gasteiger partial charge in [-0.15, -0.1) is 0 Å². The summed E-state index contributed by atoms with van der Waals surface area (Å²) in [6, 6.07) is 3.28. The van der Waals surface area contributed by atoms with Crippen LogP contribution in [0.4, 0.5) is 0 Å². The Hall–Kier alpha value is -1.70. The molecule has 5 aliphatic rings. The molecule has 7 nitrogen and oxygen atoms in total. The van der Waals surface area contributed by atoms with Crippen molar-refractivity contribution in [3.05, 3.63) is 34.4 Å². The van der Waals surface area contributed by atoms with Gasteiger partial charge in [0.15, 0.2) is 0 Å². The molecular weight excluding hydrogens is 456 g/mol. The third-order valence-electron chi connectivity index (χ3n) is 11.8. The smallest absolute Gasteiger partial charge is 0.335 e. The van der Waals surface area contributed by atoms with E-state index in [1.807, 2.05) is 6.07 Å². The molecule has 4 N–H and O–H groups in total. The lowest BCUT2D eigenvalue weighted by Crippen LogP contribution is -2.68. The van der Waals surface area contributed by atoms with Crippen molar-refractivity contribution in [1.29, 1.82) is 0 Å². The van der Waals surface area contributed by atoms with E-state index in [-0.39, 0.29) is 52.2 Å². The van der Waals surface area contributed by atoms with Crippen LogP contribution in [0.5, 0.6) is 0 Å². The van der Waals surface area contributed by atoms with Gasteiger partial charge in [0.2, 0.25) is 5.91 Å². The SMILES string of the molecule is C[C@]12CC[C@H](NC(=O)[C@H]3CCCN3)C[C@@]1(O)CC[C@@H]1[C@@H]2CC[C@]2(C)[C@@H](c3ccc(=O)oc3)CC[C@]12O. The summed E-state index contributed by atoms with van der Waals surface area (Å²) in [6.07, 6.45) is 10.9. The Morgan fingerprint density at radius 1 is 1.00 bits per heavy atom. The third-order valence-corrected chi connectivity index (χ3v) is 11.8. The van der Waals surface area contributed by atoms with Gasteiger partial charge in [-0.3, -0.25) is 4.79 Å². The Balaban J connectivity index is 1.22. The Morgan fingerprint density at radius 3 is 2.50 bits per heavy atom. The van der Waals surface area contributed by atoms with E-state index in [4.69, 9.17) is 4.42 Å². The van der Waals surface area contributed by atoms with E-state index in [9.17, 15) is 19.8 Å². The van der Waals surface area contributed by atoms with E-state index in [0.29, 0.717) is 12.8 Å². The van der Waals surface area contributed by atoms with Crippen LogP contribution >= 0.6 is 0 Å². The van der Waals surface area contributed by atoms with Crippen molar-refractivity contribution < 1.29 is 19.4 Å². The Bertz CT molecular complexity index is 1060. The van der Waals surface area contributed by atoms with Crippen molar-refractivity contribution >= 4 is 5.91 Å². The Labute approximate surface area is 213 Å². The van der Waals surface area contributed by atoms with Crippen LogP contribution in [0, 0.1) is 22.7 Å². The molecule has 9 atom stereocenters. The van der Waals surface area contributed by atoms with Crippen LogP contribution in [0.3, 0.4) is 0 Å². The van der Waals surface area contributed by atoms with Crippen molar-refractivity contribution in [2.24, 2.45) is 22.7 Å². The average Bonchev–Trinajstić information content (AvgIpc) is 3.47. The fraction of sp³-hybridized carbons (Fsp3) is 0.793. The molecule has 7 heteroatoms. The molecule has 5 fully saturated rings. The Morgan fingerprint density at radius 2 is 1.78 bits per heavy atom. The highest BCUT2D eigenvalue weighted by atomic mass is 16.4. The monoisotopic (exact) mass is 498 g/mol. The molecule has 198 valence electrons. The minimum atomic E-state index is -0.821. The van der Waals surface area contributed by atoms with Crippen molar-refractivity contribution in [2.45, 2.75) is 114 Å². The molecule has 1 amide bonds. The summed E-state index contributed by atoms with van der Waals surface area (Å²) in [7, 11) is 0. The van der Waals surface area contributed by atoms with Gasteiger partial charge in [0, 0.05) is 17.5 Å². The summed E-state index contributed by atoms with van der Waals surface area (Å²) in [5.74, 6) is 0.650. The molecule has 4 aliphatic carbocycles. The summed E-state index contributed by atoms with van der Waals surface area (Å²) in [5, 5.41) is 31.0. The first-order chi connectivity index (χ1) is 17.1. The van der Waals surface area contributed by atoms with Crippen molar-refractivity contribution in [2.75, 3.05) is 6.54 Å². The van der Waals surface area contributed by atoms with Gasteiger partial charge in [0.25, 0.3) is 0 Å². The summed E-state index contributed by atoms with van der Waals surface area (Å²) in [4.78, 5) is 24.3. The fourth-order valence-corrected chi connectivity index (χ4v) is 9.66. The molecule has 36 heavy (non-hydrogen) atoms. The van der Waals surface area contributed by atoms with Crippen LogP contribution in [0.1, 0.15) is 96.0 Å². The molecule has 1 aromatic rings. The first-order valence-corrected chi connectivity index (χ1v) is 14.2. The second kappa shape index (κ2) is 8.40. The number of carbonyl (C=O) groups excluding carboxylic acids is 1. The van der Waals surface area contributed by atoms with Crippen molar-refractivity contribution in [3.8, 4) is 0 Å². The van der Waals surface area contributed by atoms with Crippen LogP contribution in [-0.4, -0.2) is 46.0 Å². The largest absolute Gasteiger partial charge is 0.431 e. The van der Waals surface area contributed by atoms with Crippen LogP contribution in [-0.2, 0) is 4.79 Å². The van der Waals surface area contributed by atoms with E-state index in [0.717, 1.165) is 69.9 Å². The van der Waals surface area contributed by atoms with Crippen LogP contribution in [0.2, 0.25) is 0 Å². The first kappa shape index (κ1) is 24.6. The Kier molecular flexibility index (Phi) is 5.75. The van der Waals surface area contributed by atoms with Crippen LogP contribution in [0.15, 0.2) is 27.6 Å². The maximum atomic E-state index is 12.7. The molecule has 0 unspecified atom stereocenters. The molecule has 0 aromatic carbocycles. The highest BCUT2D eigenvalue weighted by Gasteiger charge is 2.70. The highest BCUT2D eigenvalue weighted by Crippen LogP contribution is 2.71. The molecule has 2 heterocycles. The fourth-order valence-electron chi connectivity index (χ4n) is 9.66. The number of rotatable bonds is 3. The lowest BCUT2D eigenvalue weighted by atomic mass is 9.42. The van der Waals surface area contributed by atoms with Gasteiger partial charge in [-0.05, 0) is 112 Å². The third kappa shape index (κ3) is 3.41. The molecule has 1 aliphatic heterocycles. The molecule has 0 spiro atoms. The number of amides is 1. The average molecular weight is 499 g/mol. The lowest BCUT2D eigenvalue weighted by molar-refractivity contribution is -0.247. The van der Waals surface area contributed by atoms with Gasteiger partial charge in [-0.25, -0.2) is 4.79 Å². The molecule has 1 aromatic heterocycles. The highest BCUT2D eigenvalue weighted by molar-refractivity contribution is 5.82. The van der Waals surface area contributed by atoms with Crippen molar-refractivity contribution in [1.82, 2.24) is 10.6 Å². The molecule has 6 rings (SSSR count). The first-order valence-electron chi connectivity index (χ1n) is 14.2. The lowest BCUT2D eigenvalue weighted by Gasteiger charge is -2.66. The number of fused-ring (bicyclic) bond motifs is 5. The topological polar surface area (TPSA) is 112 Å². The summed E-state index contributed by atoms with van der Waals surface area (Å²) < 4.78 is 5.20. The number of aliphatic hydroxyl groups is 2. The van der Waals surface area contributed by atoms with E-state index in [2.05, 4.69) is 24.5 Å². The second-order valence-electron chi connectivity index (χ2n) is 13.2. The van der Waals surface area contributed by atoms with Crippen molar-refractivity contribution in [3.63, 3.8) is 0 Å². The quantitative estimate of drug-likeness (QED) is 0.509. The minimum Gasteiger partial charge on any atom is -0.431 e. The zero-order valence-electron chi connectivity index (χ0n) is 21.7. The standard InChI is InChI=1S/C29H42N2O5/c1-26-11-7-19(31-25(33)23-4-3-15-30-23)16-28(26,34)13-9-22-21(26)8-12-27(2)20(10-14-29(22,27)35)18-5-6-24(32)36-17-18/h5-6,17,19-23,30,34-35H,3-4,7-16H2,1-2H3,(H,31,33)/t19-,20+,21-,22+,23+,26+,27+,28-,29-/m0/s1. The van der Waals surface area contributed by atoms with Gasteiger partial charge < -0.3 is 25.3 Å². The minimum absolute atomic E-state index is 0.00932. The summed E-state index contributed by atoms with van der Waals surface area (Å²) in [6.45, 7) is 5.39. The molecule has 4 saturated carbocycles. The normalized spacial score (nSPS) is 48.1. The molecule has 1 saturated heterocycles. The van der Waals surface area contributed by atoms with E-state index in [1.54, 1.807) is 6.26 Å². The molecule has 0 radical (unpaired) electrons. The maximum Gasteiger partial charge on any atom is 0.335 e. The van der Waals surface area contributed by atoms with E-state index >= 15 is 0 Å². The number of nitrogens with one attached hydrogen (secondary N) is 2. The van der Waals surface area contributed by atoms with Gasteiger partial charge in [-0.1, -0.05) is 13.8 Å². The predicted molar refractivity (Wildman–Crippen MR) is 135 cm³/mol. The number of carbonyl (C=O) groups is 1. The van der Waals surface area contributed by atoms with E-state index < -0.39 is 11.2 Å². The van der Waals surface area contributed by atoms with Gasteiger partial charge in [-0.2, -0.15) is 0 Å². The van der Waals surface area contributed by atoms with E-state index in [1.165, 1.54) is 6.07 Å². The number of hydrogen-bond acceptors (Lipinski definition) is 6. The summed E-state index contributed by atoms with van der Waals surface area (Å²) >= 11 is 0. The van der Waals surface area contributed by atoms with Gasteiger partial charge >= 0.3 is 5.63 Å². The predicted octanol–water partition coefficient (Wildman–Crippen LogP) is 3.23. The van der Waals surface area contributed by atoms with Gasteiger partial charge in [0.1, 0.15) is 0 Å². The van der Waals surface area contributed by atoms with Gasteiger partial charge in [0.05, 0.1) is 23.5 Å². The summed E-state index contributed by atoms with van der Waals surface area (Å²) in [5.41, 5.74) is -1.49. The second-order valence-corrected chi connectivity index (χ2v) is 13.2.